The Bertz CT molecular complexity index is 245. The molecule has 0 aromatic carbocycles. The van der Waals surface area contributed by atoms with Gasteiger partial charge in [0.25, 0.3) is 11.8 Å². The first-order chi connectivity index (χ1) is 6.84. The fraction of sp³-hybridized carbons (Fsp3) is 0.667. The van der Waals surface area contributed by atoms with Crippen molar-refractivity contribution in [1.82, 2.24) is 5.06 Å². The van der Waals surface area contributed by atoms with Crippen molar-refractivity contribution in [3.63, 3.8) is 0 Å². The zero-order valence-electron chi connectivity index (χ0n) is 8.77. The van der Waals surface area contributed by atoms with Gasteiger partial charge in [0.05, 0.1) is 0 Å². The Labute approximate surface area is 87.4 Å². The number of hydrogen-bond acceptors (Lipinski definition) is 4. The number of carboxylic acids is 1. The van der Waals surface area contributed by atoms with Gasteiger partial charge in [-0.3, -0.25) is 19.6 Å². The van der Waals surface area contributed by atoms with Crippen molar-refractivity contribution >= 4 is 17.8 Å². The van der Waals surface area contributed by atoms with Gasteiger partial charge in [0.2, 0.25) is 0 Å². The lowest BCUT2D eigenvalue weighted by Gasteiger charge is -1.98. The average molecular weight is 217 g/mol. The van der Waals surface area contributed by atoms with Crippen LogP contribution in [0.15, 0.2) is 0 Å². The van der Waals surface area contributed by atoms with Gasteiger partial charge in [0.15, 0.2) is 0 Å². The average Bonchev–Trinajstić information content (AvgIpc) is 2.35. The summed E-state index contributed by atoms with van der Waals surface area (Å²) >= 11 is 0. The summed E-state index contributed by atoms with van der Waals surface area (Å²) in [5.41, 5.74) is 0. The second-order valence-corrected chi connectivity index (χ2v) is 3.59. The minimum absolute atomic E-state index is 0.148. The van der Waals surface area contributed by atoms with E-state index in [2.05, 4.69) is 0 Å². The molecule has 15 heavy (non-hydrogen) atoms. The van der Waals surface area contributed by atoms with Crippen molar-refractivity contribution in [2.75, 3.05) is 0 Å². The van der Waals surface area contributed by atoms with Crippen molar-refractivity contribution in [2.24, 2.45) is 5.92 Å². The van der Waals surface area contributed by atoms with Crippen LogP contribution in [-0.4, -0.2) is 33.2 Å². The topological polar surface area (TPSA) is 94.9 Å². The Morgan fingerprint density at radius 3 is 1.80 bits per heavy atom. The normalized spacial score (nSPS) is 15.3. The van der Waals surface area contributed by atoms with E-state index in [-0.39, 0.29) is 30.2 Å². The van der Waals surface area contributed by atoms with Crippen LogP contribution in [0.25, 0.3) is 0 Å². The molecule has 86 valence electrons. The molecular weight excluding hydrogens is 202 g/mol. The minimum atomic E-state index is -0.713. The van der Waals surface area contributed by atoms with Crippen LogP contribution in [0.4, 0.5) is 0 Å². The molecule has 0 atom stereocenters. The van der Waals surface area contributed by atoms with E-state index in [9.17, 15) is 14.4 Å². The summed E-state index contributed by atoms with van der Waals surface area (Å²) in [7, 11) is 0. The van der Waals surface area contributed by atoms with Crippen molar-refractivity contribution in [3.8, 4) is 0 Å². The molecular formula is C9H15NO5. The first kappa shape index (κ1) is 13.6. The molecule has 1 saturated heterocycles. The van der Waals surface area contributed by atoms with Crippen LogP contribution in [-0.2, 0) is 14.4 Å². The second-order valence-electron chi connectivity index (χ2n) is 3.59. The van der Waals surface area contributed by atoms with Crippen LogP contribution in [0.2, 0.25) is 0 Å². The van der Waals surface area contributed by atoms with Gasteiger partial charge in [-0.05, 0) is 5.92 Å². The maximum Gasteiger partial charge on any atom is 0.303 e. The Kier molecular flexibility index (Phi) is 5.54. The molecule has 0 saturated carbocycles. The quantitative estimate of drug-likeness (QED) is 0.522. The van der Waals surface area contributed by atoms with Crippen molar-refractivity contribution in [3.05, 3.63) is 0 Å². The molecule has 2 N–H and O–H groups in total. The molecule has 6 nitrogen and oxygen atoms in total. The van der Waals surface area contributed by atoms with Crippen LogP contribution in [0.3, 0.4) is 0 Å². The molecule has 0 aliphatic carbocycles. The smallest absolute Gasteiger partial charge is 0.303 e. The molecule has 1 rings (SSSR count). The van der Waals surface area contributed by atoms with E-state index in [1.807, 2.05) is 13.8 Å². The summed E-state index contributed by atoms with van der Waals surface area (Å²) in [5.74, 6) is -1.45. The lowest BCUT2D eigenvalue weighted by Crippen LogP contribution is -2.24. The highest BCUT2D eigenvalue weighted by Crippen LogP contribution is 2.07. The van der Waals surface area contributed by atoms with Crippen LogP contribution in [0.1, 0.15) is 33.1 Å². The highest BCUT2D eigenvalue weighted by Gasteiger charge is 2.26. The Hall–Kier alpha value is -1.43. The molecule has 0 aromatic heterocycles. The number of nitrogens with zero attached hydrogens (tertiary/aromatic N) is 1. The van der Waals surface area contributed by atoms with Crippen molar-refractivity contribution in [1.29, 1.82) is 0 Å². The lowest BCUT2D eigenvalue weighted by molar-refractivity contribution is -0.171. The van der Waals surface area contributed by atoms with Crippen molar-refractivity contribution < 1.29 is 24.7 Å². The molecule has 2 amide bonds. The molecule has 0 radical (unpaired) electrons. The third-order valence-corrected chi connectivity index (χ3v) is 1.61. The zero-order chi connectivity index (χ0) is 12.0. The molecule has 1 aliphatic rings. The SMILES string of the molecule is CC(C)CC(=O)O.O=C1CCC(=O)N1O. The highest BCUT2D eigenvalue weighted by atomic mass is 16.5. The predicted octanol–water partition coefficient (Wildman–Crippen LogP) is 0.642. The zero-order valence-corrected chi connectivity index (χ0v) is 8.77. The van der Waals surface area contributed by atoms with Crippen LogP contribution < -0.4 is 0 Å². The number of carboxylic acid groups (broad SMARTS) is 1. The number of aliphatic carboxylic acids is 1. The van der Waals surface area contributed by atoms with E-state index in [1.54, 1.807) is 0 Å². The molecule has 1 fully saturated rings. The standard InChI is InChI=1S/C5H10O2.C4H5NO3/c1-4(2)3-5(6)7;6-3-1-2-4(7)5(3)8/h4H,3H2,1-2H3,(H,6,7);8H,1-2H2. The Morgan fingerprint density at radius 1 is 1.33 bits per heavy atom. The number of imide groups is 1. The summed E-state index contributed by atoms with van der Waals surface area (Å²) in [6.45, 7) is 3.77. The van der Waals surface area contributed by atoms with Gasteiger partial charge in [-0.25, -0.2) is 0 Å². The molecule has 0 unspecified atom stereocenters. The van der Waals surface area contributed by atoms with E-state index in [1.165, 1.54) is 0 Å². The van der Waals surface area contributed by atoms with Gasteiger partial charge in [-0.2, -0.15) is 5.06 Å². The van der Waals surface area contributed by atoms with Gasteiger partial charge in [0.1, 0.15) is 0 Å². The maximum atomic E-state index is 10.2. The fourth-order valence-corrected chi connectivity index (χ4v) is 0.914. The first-order valence-corrected chi connectivity index (χ1v) is 4.61. The van der Waals surface area contributed by atoms with E-state index in [0.29, 0.717) is 0 Å². The van der Waals surface area contributed by atoms with Gasteiger partial charge in [-0.1, -0.05) is 13.8 Å². The van der Waals surface area contributed by atoms with Crippen LogP contribution in [0, 0.1) is 5.92 Å². The largest absolute Gasteiger partial charge is 0.481 e. The van der Waals surface area contributed by atoms with E-state index >= 15 is 0 Å². The summed E-state index contributed by atoms with van der Waals surface area (Å²) in [5, 5.41) is 16.7. The Morgan fingerprint density at radius 2 is 1.73 bits per heavy atom. The van der Waals surface area contributed by atoms with Crippen molar-refractivity contribution in [2.45, 2.75) is 33.1 Å². The third kappa shape index (κ3) is 5.79. The monoisotopic (exact) mass is 217 g/mol. The summed E-state index contributed by atoms with van der Waals surface area (Å²) in [6, 6.07) is 0. The molecule has 1 heterocycles. The highest BCUT2D eigenvalue weighted by molar-refractivity contribution is 6.00. The van der Waals surface area contributed by atoms with E-state index in [4.69, 9.17) is 10.3 Å². The molecule has 1 aliphatic heterocycles. The van der Waals surface area contributed by atoms with E-state index < -0.39 is 17.8 Å². The number of rotatable bonds is 2. The molecule has 0 spiro atoms. The summed E-state index contributed by atoms with van der Waals surface area (Å²) in [6.07, 6.45) is 0.574. The molecule has 0 bridgehead atoms. The summed E-state index contributed by atoms with van der Waals surface area (Å²) in [4.78, 5) is 30.3. The fourth-order valence-electron chi connectivity index (χ4n) is 0.914. The predicted molar refractivity (Wildman–Crippen MR) is 50.0 cm³/mol. The van der Waals surface area contributed by atoms with Gasteiger partial charge < -0.3 is 5.11 Å². The maximum absolute atomic E-state index is 10.2. The van der Waals surface area contributed by atoms with Crippen LogP contribution >= 0.6 is 0 Å². The number of hydroxylamine groups is 2. The molecule has 0 aromatic rings. The van der Waals surface area contributed by atoms with Gasteiger partial charge >= 0.3 is 5.97 Å². The third-order valence-electron chi connectivity index (χ3n) is 1.61. The van der Waals surface area contributed by atoms with E-state index in [0.717, 1.165) is 0 Å². The summed E-state index contributed by atoms with van der Waals surface area (Å²) < 4.78 is 0. The number of amides is 2. The Balaban J connectivity index is 0.000000265. The second kappa shape index (κ2) is 6.13. The number of hydrogen-bond donors (Lipinski definition) is 2. The first-order valence-electron chi connectivity index (χ1n) is 4.61. The molecule has 6 heteroatoms. The van der Waals surface area contributed by atoms with Gasteiger partial charge in [0, 0.05) is 19.3 Å². The lowest BCUT2D eigenvalue weighted by atomic mass is 10.1. The number of carbonyl (C=O) groups is 3. The van der Waals surface area contributed by atoms with Gasteiger partial charge in [-0.15, -0.1) is 0 Å². The minimum Gasteiger partial charge on any atom is -0.481 e. The van der Waals surface area contributed by atoms with Crippen LogP contribution in [0.5, 0.6) is 0 Å². The number of carbonyl (C=O) groups excluding carboxylic acids is 2.